The summed E-state index contributed by atoms with van der Waals surface area (Å²) in [5, 5.41) is 0. The van der Waals surface area contributed by atoms with Gasteiger partial charge in [-0.25, -0.2) is 0 Å². The smallest absolute Gasteiger partial charge is 0.193 e. The van der Waals surface area contributed by atoms with E-state index in [2.05, 4.69) is 20.8 Å². The first-order valence-corrected chi connectivity index (χ1v) is 6.62. The molecule has 0 heterocycles. The third-order valence-corrected chi connectivity index (χ3v) is 3.30. The number of hydrogen-bond acceptors (Lipinski definition) is 2. The number of hydrogen-bond donors (Lipinski definition) is 0. The summed E-state index contributed by atoms with van der Waals surface area (Å²) in [4.78, 5) is 23.1. The quantitative estimate of drug-likeness (QED) is 0.621. The number of benzene rings is 2. The monoisotopic (exact) mass is 266 g/mol. The van der Waals surface area contributed by atoms with Crippen molar-refractivity contribution in [1.82, 2.24) is 0 Å². The van der Waals surface area contributed by atoms with Crippen molar-refractivity contribution < 1.29 is 9.59 Å². The summed E-state index contributed by atoms with van der Waals surface area (Å²) < 4.78 is 0. The maximum absolute atomic E-state index is 12.4. The Hall–Kier alpha value is -2.22. The molecular formula is C18H18O2. The van der Waals surface area contributed by atoms with Crippen LogP contribution in [0.4, 0.5) is 0 Å². The zero-order valence-corrected chi connectivity index (χ0v) is 12.0. The summed E-state index contributed by atoms with van der Waals surface area (Å²) in [6, 6.07) is 14.4. The molecule has 0 amide bonds. The molecule has 0 fully saturated rings. The Morgan fingerprint density at radius 3 is 2.15 bits per heavy atom. The Balaban J connectivity index is 2.31. The Kier molecular flexibility index (Phi) is 3.84. The maximum atomic E-state index is 12.4. The highest BCUT2D eigenvalue weighted by molar-refractivity contribution is 6.09. The molecule has 0 atom stereocenters. The molecule has 0 aliphatic carbocycles. The molecule has 0 bridgehead atoms. The van der Waals surface area contributed by atoms with Crippen LogP contribution in [0.25, 0.3) is 0 Å². The van der Waals surface area contributed by atoms with Gasteiger partial charge in [-0.1, -0.05) is 63.2 Å². The first kappa shape index (κ1) is 14.2. The Morgan fingerprint density at radius 1 is 0.950 bits per heavy atom. The molecule has 2 aromatic carbocycles. The van der Waals surface area contributed by atoms with Gasteiger partial charge in [0.15, 0.2) is 5.78 Å². The van der Waals surface area contributed by atoms with Gasteiger partial charge in [-0.15, -0.1) is 0 Å². The van der Waals surface area contributed by atoms with Gasteiger partial charge >= 0.3 is 0 Å². The van der Waals surface area contributed by atoms with Crippen molar-refractivity contribution in [2.75, 3.05) is 0 Å². The normalized spacial score (nSPS) is 11.2. The van der Waals surface area contributed by atoms with Gasteiger partial charge in [-0.2, -0.15) is 0 Å². The van der Waals surface area contributed by atoms with E-state index < -0.39 is 0 Å². The second-order valence-corrected chi connectivity index (χ2v) is 5.90. The average Bonchev–Trinajstić information content (AvgIpc) is 2.46. The number of carbonyl (C=O) groups is 2. The minimum Gasteiger partial charge on any atom is -0.298 e. The fraction of sp³-hybridized carbons (Fsp3) is 0.222. The van der Waals surface area contributed by atoms with E-state index in [1.807, 2.05) is 24.3 Å². The highest BCUT2D eigenvalue weighted by Gasteiger charge is 2.15. The average molecular weight is 266 g/mol. The molecule has 2 heteroatoms. The van der Waals surface area contributed by atoms with Crippen LogP contribution in [-0.4, -0.2) is 12.1 Å². The molecule has 0 saturated carbocycles. The molecule has 0 saturated heterocycles. The predicted octanol–water partition coefficient (Wildman–Crippen LogP) is 4.03. The van der Waals surface area contributed by atoms with Crippen LogP contribution in [0.1, 0.15) is 52.6 Å². The van der Waals surface area contributed by atoms with Gasteiger partial charge in [0.2, 0.25) is 0 Å². The van der Waals surface area contributed by atoms with Crippen molar-refractivity contribution in [2.24, 2.45) is 0 Å². The minimum atomic E-state index is -0.0610. The summed E-state index contributed by atoms with van der Waals surface area (Å²) in [7, 11) is 0. The molecule has 102 valence electrons. The van der Waals surface area contributed by atoms with Crippen LogP contribution in [0.5, 0.6) is 0 Å². The van der Waals surface area contributed by atoms with Crippen molar-refractivity contribution >= 4 is 12.1 Å². The van der Waals surface area contributed by atoms with E-state index in [9.17, 15) is 9.59 Å². The number of carbonyl (C=O) groups excluding carboxylic acids is 2. The van der Waals surface area contributed by atoms with Gasteiger partial charge < -0.3 is 0 Å². The van der Waals surface area contributed by atoms with Gasteiger partial charge in [0.05, 0.1) is 0 Å². The van der Waals surface area contributed by atoms with Crippen LogP contribution in [0.2, 0.25) is 0 Å². The molecule has 20 heavy (non-hydrogen) atoms. The molecular weight excluding hydrogens is 248 g/mol. The molecule has 0 unspecified atom stereocenters. The van der Waals surface area contributed by atoms with E-state index in [1.165, 1.54) is 5.56 Å². The van der Waals surface area contributed by atoms with Crippen LogP contribution in [0.3, 0.4) is 0 Å². The Labute approximate surface area is 119 Å². The largest absolute Gasteiger partial charge is 0.298 e. The van der Waals surface area contributed by atoms with Crippen molar-refractivity contribution in [1.29, 1.82) is 0 Å². The van der Waals surface area contributed by atoms with Crippen molar-refractivity contribution in [3.63, 3.8) is 0 Å². The third-order valence-electron chi connectivity index (χ3n) is 3.30. The van der Waals surface area contributed by atoms with Gasteiger partial charge in [0.1, 0.15) is 6.29 Å². The predicted molar refractivity (Wildman–Crippen MR) is 80.4 cm³/mol. The lowest BCUT2D eigenvalue weighted by Gasteiger charge is -2.19. The van der Waals surface area contributed by atoms with E-state index in [-0.39, 0.29) is 11.2 Å². The van der Waals surface area contributed by atoms with Crippen LogP contribution < -0.4 is 0 Å². The second-order valence-electron chi connectivity index (χ2n) is 5.90. The molecule has 0 spiro atoms. The molecule has 0 radical (unpaired) electrons. The molecule has 2 rings (SSSR count). The minimum absolute atomic E-state index is 0.0610. The summed E-state index contributed by atoms with van der Waals surface area (Å²) in [5.41, 5.74) is 2.95. The van der Waals surface area contributed by atoms with Gasteiger partial charge in [0, 0.05) is 16.7 Å². The molecule has 0 aromatic heterocycles. The third kappa shape index (κ3) is 3.02. The topological polar surface area (TPSA) is 34.1 Å². The van der Waals surface area contributed by atoms with Crippen molar-refractivity contribution in [2.45, 2.75) is 26.2 Å². The van der Waals surface area contributed by atoms with E-state index in [1.54, 1.807) is 24.3 Å². The lowest BCUT2D eigenvalue weighted by atomic mass is 9.86. The number of rotatable bonds is 3. The standard InChI is InChI=1S/C18H18O2/c1-18(2,3)16-9-7-14(8-10-16)17(20)15-6-4-5-13(11-15)12-19/h4-12H,1-3H3. The van der Waals surface area contributed by atoms with Crippen LogP contribution in [0.15, 0.2) is 48.5 Å². The van der Waals surface area contributed by atoms with Crippen LogP contribution in [0, 0.1) is 0 Å². The Morgan fingerprint density at radius 2 is 1.60 bits per heavy atom. The lowest BCUT2D eigenvalue weighted by Crippen LogP contribution is -2.11. The zero-order chi connectivity index (χ0) is 14.8. The van der Waals surface area contributed by atoms with E-state index in [4.69, 9.17) is 0 Å². The molecule has 0 aliphatic rings. The highest BCUT2D eigenvalue weighted by Crippen LogP contribution is 2.23. The number of ketones is 1. The second kappa shape index (κ2) is 5.41. The molecule has 0 N–H and O–H groups in total. The first-order valence-electron chi connectivity index (χ1n) is 6.62. The maximum Gasteiger partial charge on any atom is 0.193 e. The fourth-order valence-corrected chi connectivity index (χ4v) is 2.04. The zero-order valence-electron chi connectivity index (χ0n) is 12.0. The van der Waals surface area contributed by atoms with Gasteiger partial charge in [0.25, 0.3) is 0 Å². The van der Waals surface area contributed by atoms with E-state index in [0.29, 0.717) is 16.7 Å². The number of aldehydes is 1. The summed E-state index contributed by atoms with van der Waals surface area (Å²) in [6.07, 6.45) is 0.749. The van der Waals surface area contributed by atoms with Crippen molar-refractivity contribution in [3.8, 4) is 0 Å². The van der Waals surface area contributed by atoms with Gasteiger partial charge in [-0.05, 0) is 17.0 Å². The Bertz CT molecular complexity index is 631. The first-order chi connectivity index (χ1) is 9.41. The van der Waals surface area contributed by atoms with Crippen LogP contribution in [-0.2, 0) is 5.41 Å². The summed E-state index contributed by atoms with van der Waals surface area (Å²) in [5.74, 6) is -0.0610. The van der Waals surface area contributed by atoms with E-state index in [0.717, 1.165) is 6.29 Å². The molecule has 0 aliphatic heterocycles. The van der Waals surface area contributed by atoms with Crippen molar-refractivity contribution in [3.05, 3.63) is 70.8 Å². The van der Waals surface area contributed by atoms with Gasteiger partial charge in [-0.3, -0.25) is 9.59 Å². The highest BCUT2D eigenvalue weighted by atomic mass is 16.1. The summed E-state index contributed by atoms with van der Waals surface area (Å²) >= 11 is 0. The lowest BCUT2D eigenvalue weighted by molar-refractivity contribution is 0.103. The molecule has 2 nitrogen and oxygen atoms in total. The van der Waals surface area contributed by atoms with E-state index >= 15 is 0 Å². The summed E-state index contributed by atoms with van der Waals surface area (Å²) in [6.45, 7) is 6.41. The van der Waals surface area contributed by atoms with Crippen LogP contribution >= 0.6 is 0 Å². The SMILES string of the molecule is CC(C)(C)c1ccc(C(=O)c2cccc(C=O)c2)cc1. The molecule has 2 aromatic rings. The fourth-order valence-electron chi connectivity index (χ4n) is 2.04.